The molecule has 2 heterocycles. The molecule has 1 N–H and O–H groups in total. The molecule has 0 aromatic heterocycles. The summed E-state index contributed by atoms with van der Waals surface area (Å²) in [6.07, 6.45) is 2.60. The Bertz CT molecular complexity index is 439. The topological polar surface area (TPSA) is 66.5 Å². The molecule has 0 aromatic rings. The molecule has 0 aliphatic carbocycles. The highest BCUT2D eigenvalue weighted by Crippen LogP contribution is 2.25. The first-order valence-corrected chi connectivity index (χ1v) is 8.68. The lowest BCUT2D eigenvalue weighted by Gasteiger charge is -2.37. The van der Waals surface area contributed by atoms with Crippen LogP contribution in [0.2, 0.25) is 0 Å². The monoisotopic (exact) mass is 288 g/mol. The summed E-state index contributed by atoms with van der Waals surface area (Å²) in [6.45, 7) is 6.16. The quantitative estimate of drug-likeness (QED) is 0.817. The van der Waals surface area contributed by atoms with E-state index in [1.54, 1.807) is 18.7 Å². The zero-order chi connectivity index (χ0) is 14.1. The number of rotatable bonds is 3. The van der Waals surface area contributed by atoms with Crippen molar-refractivity contribution >= 4 is 15.7 Å². The molecule has 0 bridgehead atoms. The minimum absolute atomic E-state index is 0.0940. The van der Waals surface area contributed by atoms with Gasteiger partial charge >= 0.3 is 0 Å². The largest absolute Gasteiger partial charge is 0.340 e. The van der Waals surface area contributed by atoms with Gasteiger partial charge in [-0.1, -0.05) is 0 Å². The van der Waals surface area contributed by atoms with Gasteiger partial charge in [0.2, 0.25) is 5.91 Å². The number of nitrogens with one attached hydrogen (secondary N) is 1. The number of sulfone groups is 1. The van der Waals surface area contributed by atoms with E-state index in [0.29, 0.717) is 25.4 Å². The van der Waals surface area contributed by atoms with E-state index < -0.39 is 14.6 Å². The molecule has 1 amide bonds. The maximum absolute atomic E-state index is 12.2. The van der Waals surface area contributed by atoms with E-state index in [9.17, 15) is 13.2 Å². The Labute approximate surface area is 115 Å². The van der Waals surface area contributed by atoms with Crippen LogP contribution in [0.4, 0.5) is 0 Å². The van der Waals surface area contributed by atoms with E-state index in [-0.39, 0.29) is 11.7 Å². The van der Waals surface area contributed by atoms with Crippen LogP contribution in [0, 0.1) is 5.92 Å². The van der Waals surface area contributed by atoms with Crippen molar-refractivity contribution in [1.29, 1.82) is 0 Å². The van der Waals surface area contributed by atoms with Crippen LogP contribution in [-0.4, -0.2) is 55.9 Å². The standard InChI is InChI=1S/C13H24N2O3S/c1-13(2)10-15(7-8-19(13,17)18)12(16)4-3-11-5-6-14-9-11/h11,14H,3-10H2,1-2H3. The first kappa shape index (κ1) is 14.8. The van der Waals surface area contributed by atoms with Gasteiger partial charge in [0.15, 0.2) is 9.84 Å². The Kier molecular flexibility index (Phi) is 4.20. The summed E-state index contributed by atoms with van der Waals surface area (Å²) in [7, 11) is -3.06. The molecule has 1 atom stereocenters. The lowest BCUT2D eigenvalue weighted by atomic mass is 10.0. The van der Waals surface area contributed by atoms with Crippen molar-refractivity contribution in [1.82, 2.24) is 10.2 Å². The maximum Gasteiger partial charge on any atom is 0.222 e. The summed E-state index contributed by atoms with van der Waals surface area (Å²) in [5, 5.41) is 3.30. The number of amides is 1. The molecule has 6 heteroatoms. The van der Waals surface area contributed by atoms with E-state index in [1.807, 2.05) is 0 Å². The van der Waals surface area contributed by atoms with Crippen LogP contribution in [-0.2, 0) is 14.6 Å². The van der Waals surface area contributed by atoms with Gasteiger partial charge in [-0.25, -0.2) is 8.42 Å². The smallest absolute Gasteiger partial charge is 0.222 e. The van der Waals surface area contributed by atoms with Crippen LogP contribution in [0.5, 0.6) is 0 Å². The van der Waals surface area contributed by atoms with Gasteiger partial charge in [0, 0.05) is 19.5 Å². The van der Waals surface area contributed by atoms with Gasteiger partial charge in [-0.3, -0.25) is 4.79 Å². The predicted octanol–water partition coefficient (Wildman–Crippen LogP) is 0.412. The number of carbonyl (C=O) groups is 1. The highest BCUT2D eigenvalue weighted by Gasteiger charge is 2.41. The van der Waals surface area contributed by atoms with Gasteiger partial charge in [-0.2, -0.15) is 0 Å². The first-order chi connectivity index (χ1) is 8.82. The highest BCUT2D eigenvalue weighted by atomic mass is 32.2. The molecule has 2 rings (SSSR count). The number of carbonyl (C=O) groups excluding carboxylic acids is 1. The van der Waals surface area contributed by atoms with Crippen molar-refractivity contribution in [2.45, 2.75) is 37.9 Å². The Morgan fingerprint density at radius 2 is 2.16 bits per heavy atom. The third-order valence-electron chi connectivity index (χ3n) is 4.33. The zero-order valence-electron chi connectivity index (χ0n) is 11.8. The zero-order valence-corrected chi connectivity index (χ0v) is 12.6. The number of hydrogen-bond donors (Lipinski definition) is 1. The Hall–Kier alpha value is -0.620. The van der Waals surface area contributed by atoms with Crippen LogP contribution in [0.3, 0.4) is 0 Å². The molecule has 2 saturated heterocycles. The molecule has 2 aliphatic rings. The van der Waals surface area contributed by atoms with Gasteiger partial charge in [-0.05, 0) is 45.7 Å². The average molecular weight is 288 g/mol. The fourth-order valence-electron chi connectivity index (χ4n) is 2.80. The Balaban J connectivity index is 1.86. The second-order valence-corrected chi connectivity index (χ2v) is 9.03. The lowest BCUT2D eigenvalue weighted by molar-refractivity contribution is -0.131. The van der Waals surface area contributed by atoms with E-state index in [2.05, 4.69) is 5.32 Å². The lowest BCUT2D eigenvalue weighted by Crippen LogP contribution is -2.54. The third kappa shape index (κ3) is 3.28. The molecular formula is C13H24N2O3S. The van der Waals surface area contributed by atoms with Crippen LogP contribution >= 0.6 is 0 Å². The minimum atomic E-state index is -3.06. The van der Waals surface area contributed by atoms with Crippen LogP contribution in [0.1, 0.15) is 33.1 Å². The van der Waals surface area contributed by atoms with Crippen molar-refractivity contribution in [2.75, 3.05) is 31.9 Å². The second-order valence-electron chi connectivity index (χ2n) is 6.29. The van der Waals surface area contributed by atoms with Gasteiger partial charge in [0.1, 0.15) is 0 Å². The van der Waals surface area contributed by atoms with Crippen molar-refractivity contribution in [3.63, 3.8) is 0 Å². The molecule has 0 radical (unpaired) electrons. The molecule has 0 saturated carbocycles. The Morgan fingerprint density at radius 3 is 2.74 bits per heavy atom. The summed E-state index contributed by atoms with van der Waals surface area (Å²) in [5.41, 5.74) is 0. The summed E-state index contributed by atoms with van der Waals surface area (Å²) in [4.78, 5) is 13.9. The molecular weight excluding hydrogens is 264 g/mol. The molecule has 1 unspecified atom stereocenters. The highest BCUT2D eigenvalue weighted by molar-refractivity contribution is 7.92. The summed E-state index contributed by atoms with van der Waals surface area (Å²) in [6, 6.07) is 0. The van der Waals surface area contributed by atoms with Gasteiger partial charge < -0.3 is 10.2 Å². The fraction of sp³-hybridized carbons (Fsp3) is 0.923. The van der Waals surface area contributed by atoms with Gasteiger partial charge in [-0.15, -0.1) is 0 Å². The van der Waals surface area contributed by atoms with Crippen LogP contribution in [0.25, 0.3) is 0 Å². The van der Waals surface area contributed by atoms with Crippen molar-refractivity contribution in [2.24, 2.45) is 5.92 Å². The van der Waals surface area contributed by atoms with Crippen LogP contribution < -0.4 is 5.32 Å². The fourth-order valence-corrected chi connectivity index (χ4v) is 4.17. The minimum Gasteiger partial charge on any atom is -0.340 e. The summed E-state index contributed by atoms with van der Waals surface area (Å²) >= 11 is 0. The summed E-state index contributed by atoms with van der Waals surface area (Å²) in [5.74, 6) is 0.803. The maximum atomic E-state index is 12.2. The number of hydrogen-bond acceptors (Lipinski definition) is 4. The molecule has 2 fully saturated rings. The van der Waals surface area contributed by atoms with Crippen molar-refractivity contribution < 1.29 is 13.2 Å². The van der Waals surface area contributed by atoms with E-state index in [1.165, 1.54) is 0 Å². The molecule has 5 nitrogen and oxygen atoms in total. The average Bonchev–Trinajstić information content (AvgIpc) is 2.82. The molecule has 2 aliphatic heterocycles. The normalized spacial score (nSPS) is 29.4. The summed E-state index contributed by atoms with van der Waals surface area (Å²) < 4.78 is 23.0. The van der Waals surface area contributed by atoms with E-state index in [0.717, 1.165) is 25.9 Å². The van der Waals surface area contributed by atoms with Gasteiger partial charge in [0.05, 0.1) is 10.5 Å². The van der Waals surface area contributed by atoms with Crippen molar-refractivity contribution in [3.05, 3.63) is 0 Å². The molecule has 19 heavy (non-hydrogen) atoms. The van der Waals surface area contributed by atoms with Crippen molar-refractivity contribution in [3.8, 4) is 0 Å². The van der Waals surface area contributed by atoms with E-state index >= 15 is 0 Å². The molecule has 0 aromatic carbocycles. The third-order valence-corrected chi connectivity index (χ3v) is 6.86. The van der Waals surface area contributed by atoms with Crippen LogP contribution in [0.15, 0.2) is 0 Å². The number of nitrogens with zero attached hydrogens (tertiary/aromatic N) is 1. The second kappa shape index (κ2) is 5.40. The Morgan fingerprint density at radius 1 is 1.42 bits per heavy atom. The predicted molar refractivity (Wildman–Crippen MR) is 74.7 cm³/mol. The molecule has 110 valence electrons. The molecule has 0 spiro atoms. The van der Waals surface area contributed by atoms with Gasteiger partial charge in [0.25, 0.3) is 0 Å². The van der Waals surface area contributed by atoms with E-state index in [4.69, 9.17) is 0 Å². The SMILES string of the molecule is CC1(C)CN(C(=O)CCC2CCNC2)CCS1(=O)=O. The first-order valence-electron chi connectivity index (χ1n) is 7.03.